The van der Waals surface area contributed by atoms with Crippen LogP contribution >= 0.6 is 15.9 Å². The summed E-state index contributed by atoms with van der Waals surface area (Å²) in [4.78, 5) is 23.8. The molecular formula is C15H9BrN2O4. The monoisotopic (exact) mass is 360 g/mol. The molecule has 0 saturated heterocycles. The van der Waals surface area contributed by atoms with E-state index >= 15 is 0 Å². The van der Waals surface area contributed by atoms with Gasteiger partial charge in [0.1, 0.15) is 0 Å². The Hall–Kier alpha value is -2.67. The Morgan fingerprint density at radius 3 is 2.59 bits per heavy atom. The molecule has 6 nitrogen and oxygen atoms in total. The number of amides is 1. The van der Waals surface area contributed by atoms with Crippen LogP contribution in [0, 0.1) is 10.1 Å². The minimum absolute atomic E-state index is 0.328. The van der Waals surface area contributed by atoms with E-state index in [1.54, 1.807) is 18.2 Å². The molecular weight excluding hydrogens is 352 g/mol. The maximum absolute atomic E-state index is 12.4. The number of phenols is 1. The average Bonchev–Trinajstić information content (AvgIpc) is 2.70. The van der Waals surface area contributed by atoms with Gasteiger partial charge in [-0.2, -0.15) is 0 Å². The molecule has 0 aromatic heterocycles. The largest absolute Gasteiger partial charge is 0.502 e. The van der Waals surface area contributed by atoms with Crippen LogP contribution in [0.3, 0.4) is 0 Å². The first-order valence-electron chi connectivity index (χ1n) is 6.21. The second-order valence-corrected chi connectivity index (χ2v) is 5.63. The number of carbonyl (C=O) groups excluding carboxylic acids is 1. The molecule has 1 amide bonds. The number of nitrogens with zero attached hydrogens (tertiary/aromatic N) is 2. The van der Waals surface area contributed by atoms with E-state index in [0.717, 1.165) is 10.5 Å². The number of rotatable bonds is 2. The molecule has 0 bridgehead atoms. The SMILES string of the molecule is C=C1C(=O)N(c2ccc([N+](=O)[O-])c(O)c2)c2ccc(Br)cc21. The number of anilines is 2. The summed E-state index contributed by atoms with van der Waals surface area (Å²) in [6.45, 7) is 3.78. The summed E-state index contributed by atoms with van der Waals surface area (Å²) in [5.74, 6) is -0.826. The van der Waals surface area contributed by atoms with Crippen LogP contribution in [0.15, 0.2) is 47.4 Å². The Morgan fingerprint density at radius 2 is 1.95 bits per heavy atom. The van der Waals surface area contributed by atoms with Crippen molar-refractivity contribution in [3.63, 3.8) is 0 Å². The average molecular weight is 361 g/mol. The number of nitro benzene ring substituents is 1. The van der Waals surface area contributed by atoms with Gasteiger partial charge in [0.2, 0.25) is 0 Å². The number of halogens is 1. The van der Waals surface area contributed by atoms with Crippen molar-refractivity contribution < 1.29 is 14.8 Å². The van der Waals surface area contributed by atoms with E-state index in [-0.39, 0.29) is 5.91 Å². The van der Waals surface area contributed by atoms with Gasteiger partial charge in [-0.15, -0.1) is 0 Å². The van der Waals surface area contributed by atoms with E-state index < -0.39 is 16.4 Å². The Labute approximate surface area is 133 Å². The highest BCUT2D eigenvalue weighted by Gasteiger charge is 2.33. The Balaban J connectivity index is 2.14. The maximum atomic E-state index is 12.4. The maximum Gasteiger partial charge on any atom is 0.310 e. The van der Waals surface area contributed by atoms with E-state index in [9.17, 15) is 20.0 Å². The van der Waals surface area contributed by atoms with Gasteiger partial charge in [0.05, 0.1) is 16.3 Å². The van der Waals surface area contributed by atoms with Crippen LogP contribution in [-0.2, 0) is 4.79 Å². The number of benzene rings is 2. The molecule has 0 fully saturated rings. The van der Waals surface area contributed by atoms with Crippen LogP contribution in [0.4, 0.5) is 17.1 Å². The van der Waals surface area contributed by atoms with Crippen LogP contribution < -0.4 is 4.90 Å². The standard InChI is InChI=1S/C15H9BrN2O4/c1-8-11-6-9(16)2-4-12(11)17(15(8)20)10-3-5-13(18(21)22)14(19)7-10/h2-7,19H,1H2. The molecule has 0 atom stereocenters. The second kappa shape index (κ2) is 4.96. The van der Waals surface area contributed by atoms with Crippen molar-refractivity contribution in [3.05, 3.63) is 63.1 Å². The number of hydrogen-bond donors (Lipinski definition) is 1. The molecule has 0 saturated carbocycles. The van der Waals surface area contributed by atoms with Gasteiger partial charge in [-0.3, -0.25) is 19.8 Å². The van der Waals surface area contributed by atoms with Gasteiger partial charge < -0.3 is 5.11 Å². The van der Waals surface area contributed by atoms with Gasteiger partial charge in [0.25, 0.3) is 5.91 Å². The zero-order chi connectivity index (χ0) is 16.0. The van der Waals surface area contributed by atoms with Gasteiger partial charge in [0.15, 0.2) is 5.75 Å². The molecule has 1 heterocycles. The first kappa shape index (κ1) is 14.3. The lowest BCUT2D eigenvalue weighted by molar-refractivity contribution is -0.385. The highest BCUT2D eigenvalue weighted by atomic mass is 79.9. The third kappa shape index (κ3) is 2.06. The topological polar surface area (TPSA) is 83.7 Å². The van der Waals surface area contributed by atoms with Gasteiger partial charge in [-0.1, -0.05) is 22.5 Å². The van der Waals surface area contributed by atoms with Gasteiger partial charge in [0, 0.05) is 27.7 Å². The van der Waals surface area contributed by atoms with Crippen LogP contribution in [0.2, 0.25) is 0 Å². The molecule has 1 aliphatic rings. The van der Waals surface area contributed by atoms with Crippen LogP contribution in [0.25, 0.3) is 5.57 Å². The van der Waals surface area contributed by atoms with E-state index in [1.165, 1.54) is 17.0 Å². The number of nitro groups is 1. The van der Waals surface area contributed by atoms with E-state index in [1.807, 2.05) is 0 Å². The third-order valence-corrected chi connectivity index (χ3v) is 3.89. The molecule has 2 aromatic rings. The molecule has 0 radical (unpaired) electrons. The fraction of sp³-hybridized carbons (Fsp3) is 0. The van der Waals surface area contributed by atoms with Crippen molar-refractivity contribution >= 4 is 44.5 Å². The fourth-order valence-electron chi connectivity index (χ4n) is 2.37. The first-order valence-corrected chi connectivity index (χ1v) is 7.00. The summed E-state index contributed by atoms with van der Waals surface area (Å²) in [5.41, 5.74) is 1.55. The fourth-order valence-corrected chi connectivity index (χ4v) is 2.73. The predicted molar refractivity (Wildman–Crippen MR) is 85.1 cm³/mol. The van der Waals surface area contributed by atoms with Crippen molar-refractivity contribution in [1.82, 2.24) is 0 Å². The highest BCUT2D eigenvalue weighted by Crippen LogP contribution is 2.43. The van der Waals surface area contributed by atoms with E-state index in [4.69, 9.17) is 0 Å². The Morgan fingerprint density at radius 1 is 1.23 bits per heavy atom. The Kier molecular flexibility index (Phi) is 3.22. The first-order chi connectivity index (χ1) is 10.4. The van der Waals surface area contributed by atoms with Gasteiger partial charge >= 0.3 is 5.69 Å². The summed E-state index contributed by atoms with van der Waals surface area (Å²) >= 11 is 3.34. The van der Waals surface area contributed by atoms with Gasteiger partial charge in [-0.05, 0) is 24.3 Å². The van der Waals surface area contributed by atoms with Crippen molar-refractivity contribution in [2.75, 3.05) is 4.90 Å². The minimum Gasteiger partial charge on any atom is -0.502 e. The normalized spacial score (nSPS) is 13.4. The third-order valence-electron chi connectivity index (χ3n) is 3.40. The second-order valence-electron chi connectivity index (χ2n) is 4.71. The van der Waals surface area contributed by atoms with Crippen molar-refractivity contribution in [3.8, 4) is 5.75 Å². The van der Waals surface area contributed by atoms with Crippen molar-refractivity contribution in [2.24, 2.45) is 0 Å². The zero-order valence-electron chi connectivity index (χ0n) is 11.1. The predicted octanol–water partition coefficient (Wildman–Crippen LogP) is 3.75. The summed E-state index contributed by atoms with van der Waals surface area (Å²) in [5, 5.41) is 20.5. The Bertz CT molecular complexity index is 847. The molecule has 2 aromatic carbocycles. The molecule has 1 N–H and O–H groups in total. The summed E-state index contributed by atoms with van der Waals surface area (Å²) in [6, 6.07) is 9.08. The highest BCUT2D eigenvalue weighted by molar-refractivity contribution is 9.10. The number of fused-ring (bicyclic) bond motifs is 1. The molecule has 0 aliphatic carbocycles. The van der Waals surface area contributed by atoms with E-state index in [2.05, 4.69) is 22.5 Å². The molecule has 1 aliphatic heterocycles. The molecule has 3 rings (SSSR count). The quantitative estimate of drug-likeness (QED) is 0.502. The molecule has 22 heavy (non-hydrogen) atoms. The molecule has 7 heteroatoms. The van der Waals surface area contributed by atoms with Crippen LogP contribution in [0.5, 0.6) is 5.75 Å². The number of hydrogen-bond acceptors (Lipinski definition) is 4. The molecule has 0 spiro atoms. The van der Waals surface area contributed by atoms with Gasteiger partial charge in [-0.25, -0.2) is 0 Å². The number of phenolic OH excluding ortho intramolecular Hbond substituents is 1. The summed E-state index contributed by atoms with van der Waals surface area (Å²) in [6.07, 6.45) is 0. The lowest BCUT2D eigenvalue weighted by Gasteiger charge is -2.17. The number of carbonyl (C=O) groups is 1. The molecule has 0 unspecified atom stereocenters. The van der Waals surface area contributed by atoms with Crippen LogP contribution in [0.1, 0.15) is 5.56 Å². The molecule has 110 valence electrons. The number of aromatic hydroxyl groups is 1. The zero-order valence-corrected chi connectivity index (χ0v) is 12.7. The lowest BCUT2D eigenvalue weighted by atomic mass is 10.1. The van der Waals surface area contributed by atoms with E-state index in [0.29, 0.717) is 22.5 Å². The van der Waals surface area contributed by atoms with Crippen molar-refractivity contribution in [2.45, 2.75) is 0 Å². The van der Waals surface area contributed by atoms with Crippen molar-refractivity contribution in [1.29, 1.82) is 0 Å². The smallest absolute Gasteiger partial charge is 0.310 e. The van der Waals surface area contributed by atoms with Crippen LogP contribution in [-0.4, -0.2) is 15.9 Å². The minimum atomic E-state index is -0.686. The summed E-state index contributed by atoms with van der Waals surface area (Å²) < 4.78 is 0.814. The lowest BCUT2D eigenvalue weighted by Crippen LogP contribution is -2.20. The summed E-state index contributed by atoms with van der Waals surface area (Å²) in [7, 11) is 0.